The highest BCUT2D eigenvalue weighted by Crippen LogP contribution is 2.36. The number of aliphatic hydroxyl groups is 3. The number of nitrogens with one attached hydrogen (secondary N) is 1. The second kappa shape index (κ2) is 18.1. The number of hydrogen-bond donors (Lipinski definition) is 4. The van der Waals surface area contributed by atoms with Gasteiger partial charge in [-0.1, -0.05) is 75.4 Å². The number of benzene rings is 2. The first-order valence-electron chi connectivity index (χ1n) is 19.2. The van der Waals surface area contributed by atoms with Crippen LogP contribution in [0.25, 0.3) is 16.8 Å². The number of rotatable bonds is 8. The van der Waals surface area contributed by atoms with Crippen LogP contribution in [0.4, 0.5) is 0 Å². The van der Waals surface area contributed by atoms with Crippen LogP contribution in [-0.2, 0) is 33.3 Å². The second-order valence-electron chi connectivity index (χ2n) is 16.0. The van der Waals surface area contributed by atoms with E-state index in [-0.39, 0.29) is 31.6 Å². The standard InChI is InChI=1S/C42H62N2O10/c1-11-33-42(8,50)36(47)28(6)38(48)43-24(2)23-41(7,51-21-15-19-30-18-14-17-29-16-12-13-20-31(29)30)37(26(4)34(45)27(5)39(49)53-33)54-40-35(46)32(44(9)10)22-25(3)52-40/h12-20,24-28,32-33,35-37,40,46-47,50H,11,21-23H2,1-10H3,(H,43,48)/b19-15+/t24-,25-,26+,27-,28-,32+,33-,35-,36+,37-,40+,41-,42+/m1/s1. The van der Waals surface area contributed by atoms with Crippen molar-refractivity contribution in [1.82, 2.24) is 10.2 Å². The van der Waals surface area contributed by atoms with E-state index >= 15 is 0 Å². The molecule has 2 fully saturated rings. The fraction of sp³-hybridized carbons (Fsp3) is 0.643. The number of ether oxygens (including phenoxy) is 4. The van der Waals surface area contributed by atoms with E-state index in [0.717, 1.165) is 16.3 Å². The van der Waals surface area contributed by atoms with Crippen molar-refractivity contribution in [3.63, 3.8) is 0 Å². The molecule has 0 aromatic heterocycles. The molecule has 0 aliphatic carbocycles. The molecule has 0 bridgehead atoms. The zero-order valence-corrected chi connectivity index (χ0v) is 33.5. The summed E-state index contributed by atoms with van der Waals surface area (Å²) < 4.78 is 25.3. The van der Waals surface area contributed by atoms with E-state index in [4.69, 9.17) is 18.9 Å². The van der Waals surface area contributed by atoms with Gasteiger partial charge in [0, 0.05) is 18.0 Å². The Morgan fingerprint density at radius 1 is 0.981 bits per heavy atom. The molecule has 13 atom stereocenters. The molecule has 4 rings (SSSR count). The lowest BCUT2D eigenvalue weighted by Crippen LogP contribution is -2.60. The summed E-state index contributed by atoms with van der Waals surface area (Å²) >= 11 is 0. The Morgan fingerprint density at radius 2 is 1.65 bits per heavy atom. The van der Waals surface area contributed by atoms with Gasteiger partial charge in [0.1, 0.15) is 23.7 Å². The highest BCUT2D eigenvalue weighted by molar-refractivity contribution is 6.00. The van der Waals surface area contributed by atoms with Crippen molar-refractivity contribution < 1.29 is 48.7 Å². The minimum atomic E-state index is -2.01. The number of nitrogens with zero attached hydrogens (tertiary/aromatic N) is 1. The normalized spacial score (nSPS) is 37.9. The molecule has 54 heavy (non-hydrogen) atoms. The lowest BCUT2D eigenvalue weighted by atomic mass is 9.79. The van der Waals surface area contributed by atoms with Gasteiger partial charge in [-0.05, 0) is 84.3 Å². The van der Waals surface area contributed by atoms with Crippen LogP contribution in [0.3, 0.4) is 0 Å². The van der Waals surface area contributed by atoms with Gasteiger partial charge in [0.2, 0.25) is 5.91 Å². The summed E-state index contributed by atoms with van der Waals surface area (Å²) in [6.45, 7) is 13.1. The number of esters is 1. The van der Waals surface area contributed by atoms with Crippen LogP contribution in [0.15, 0.2) is 48.5 Å². The van der Waals surface area contributed by atoms with Gasteiger partial charge in [-0.25, -0.2) is 0 Å². The Balaban J connectivity index is 1.79. The maximum absolute atomic E-state index is 14.4. The summed E-state index contributed by atoms with van der Waals surface area (Å²) in [6, 6.07) is 13.2. The van der Waals surface area contributed by atoms with Crippen molar-refractivity contribution in [2.24, 2.45) is 17.8 Å². The van der Waals surface area contributed by atoms with Crippen molar-refractivity contribution in [3.8, 4) is 0 Å². The summed E-state index contributed by atoms with van der Waals surface area (Å²) in [7, 11) is 3.73. The zero-order valence-electron chi connectivity index (χ0n) is 33.5. The van der Waals surface area contributed by atoms with Gasteiger partial charge in [-0.2, -0.15) is 0 Å². The van der Waals surface area contributed by atoms with E-state index in [0.29, 0.717) is 6.42 Å². The fourth-order valence-corrected chi connectivity index (χ4v) is 8.05. The summed E-state index contributed by atoms with van der Waals surface area (Å²) in [5, 5.41) is 39.3. The van der Waals surface area contributed by atoms with Crippen LogP contribution in [0.2, 0.25) is 0 Å². The predicted molar refractivity (Wildman–Crippen MR) is 206 cm³/mol. The molecule has 2 heterocycles. The van der Waals surface area contributed by atoms with Gasteiger partial charge < -0.3 is 44.5 Å². The minimum Gasteiger partial charge on any atom is -0.459 e. The number of Topliss-reactive ketones (excluding diaryl/α,β-unsaturated/α-hetero) is 1. The number of carbonyl (C=O) groups is 3. The molecule has 4 N–H and O–H groups in total. The van der Waals surface area contributed by atoms with Crippen molar-refractivity contribution in [2.75, 3.05) is 20.7 Å². The number of likely N-dealkylation sites (N-methyl/N-ethyl adjacent to an activating group) is 1. The molecule has 2 aliphatic heterocycles. The van der Waals surface area contributed by atoms with Crippen LogP contribution < -0.4 is 5.32 Å². The lowest BCUT2D eigenvalue weighted by molar-refractivity contribution is -0.296. The third kappa shape index (κ3) is 9.76. The van der Waals surface area contributed by atoms with E-state index in [1.165, 1.54) is 20.8 Å². The molecular formula is C42H62N2O10. The molecule has 2 aliphatic rings. The Morgan fingerprint density at radius 3 is 2.31 bits per heavy atom. The van der Waals surface area contributed by atoms with Crippen LogP contribution in [0.1, 0.15) is 80.2 Å². The van der Waals surface area contributed by atoms with Gasteiger partial charge in [0.15, 0.2) is 12.1 Å². The molecule has 2 saturated heterocycles. The first kappa shape index (κ1) is 43.5. The molecule has 0 unspecified atom stereocenters. The molecule has 12 heteroatoms. The third-order valence-corrected chi connectivity index (χ3v) is 11.3. The number of hydrogen-bond acceptors (Lipinski definition) is 11. The number of cyclic esters (lactones) is 1. The molecule has 2 aromatic carbocycles. The van der Waals surface area contributed by atoms with Crippen molar-refractivity contribution in [2.45, 2.75) is 135 Å². The van der Waals surface area contributed by atoms with E-state index in [1.807, 2.05) is 80.5 Å². The monoisotopic (exact) mass is 754 g/mol. The average Bonchev–Trinajstić information content (AvgIpc) is 3.13. The minimum absolute atomic E-state index is 0.0831. The SMILES string of the molecule is CC[C@H]1OC(=O)[C@H](C)C(=O)[C@H](C)[C@@H](O[C@@H]2O[C@H](C)C[C@H](N(C)C)[C@H]2O)[C@](C)(OC/C=C/c2cccc3ccccc23)C[C@@H](C)NC(=O)[C@H](C)[C@H](O)[C@@]1(C)O. The molecule has 300 valence electrons. The summed E-state index contributed by atoms with van der Waals surface area (Å²) in [4.78, 5) is 43.5. The molecular weight excluding hydrogens is 692 g/mol. The van der Waals surface area contributed by atoms with Gasteiger partial charge >= 0.3 is 5.97 Å². The average molecular weight is 755 g/mol. The largest absolute Gasteiger partial charge is 0.459 e. The quantitative estimate of drug-likeness (QED) is 0.225. The van der Waals surface area contributed by atoms with Gasteiger partial charge in [0.05, 0.1) is 36.4 Å². The van der Waals surface area contributed by atoms with Gasteiger partial charge in [-0.15, -0.1) is 0 Å². The van der Waals surface area contributed by atoms with Crippen LogP contribution in [0, 0.1) is 17.8 Å². The summed E-state index contributed by atoms with van der Waals surface area (Å²) in [5.74, 6) is -5.34. The lowest BCUT2D eigenvalue weighted by Gasteiger charge is -2.47. The number of ketones is 1. The summed E-state index contributed by atoms with van der Waals surface area (Å²) in [5.41, 5.74) is -2.34. The van der Waals surface area contributed by atoms with Gasteiger partial charge in [0.25, 0.3) is 0 Å². The van der Waals surface area contributed by atoms with Crippen LogP contribution >= 0.6 is 0 Å². The zero-order chi connectivity index (χ0) is 40.1. The first-order valence-corrected chi connectivity index (χ1v) is 19.2. The van der Waals surface area contributed by atoms with Gasteiger partial charge in [-0.3, -0.25) is 14.4 Å². The molecule has 1 amide bonds. The molecule has 0 radical (unpaired) electrons. The first-order chi connectivity index (χ1) is 25.3. The molecule has 0 spiro atoms. The smallest absolute Gasteiger partial charge is 0.316 e. The molecule has 2 aromatic rings. The number of amides is 1. The Labute approximate surface area is 320 Å². The third-order valence-electron chi connectivity index (χ3n) is 11.3. The molecule has 12 nitrogen and oxygen atoms in total. The number of fused-ring (bicyclic) bond motifs is 1. The molecule has 0 saturated carbocycles. The van der Waals surface area contributed by atoms with E-state index < -0.39 is 83.4 Å². The van der Waals surface area contributed by atoms with Crippen molar-refractivity contribution in [1.29, 1.82) is 0 Å². The summed E-state index contributed by atoms with van der Waals surface area (Å²) in [6.07, 6.45) is -1.82. The Hall–Kier alpha value is -3.23. The topological polar surface area (TPSA) is 164 Å². The number of carbonyl (C=O) groups excluding carboxylic acids is 3. The van der Waals surface area contributed by atoms with E-state index in [9.17, 15) is 29.7 Å². The fourth-order valence-electron chi connectivity index (χ4n) is 8.05. The Bertz CT molecular complexity index is 1620. The van der Waals surface area contributed by atoms with Crippen LogP contribution in [-0.4, -0.2) is 119 Å². The highest BCUT2D eigenvalue weighted by atomic mass is 16.7. The maximum atomic E-state index is 14.4. The maximum Gasteiger partial charge on any atom is 0.316 e. The predicted octanol–water partition coefficient (Wildman–Crippen LogP) is 4.26. The van der Waals surface area contributed by atoms with Crippen molar-refractivity contribution >= 4 is 34.5 Å². The van der Waals surface area contributed by atoms with E-state index in [2.05, 4.69) is 5.32 Å². The van der Waals surface area contributed by atoms with E-state index in [1.54, 1.807) is 27.7 Å². The van der Waals surface area contributed by atoms with Crippen LogP contribution in [0.5, 0.6) is 0 Å². The van der Waals surface area contributed by atoms with Crippen molar-refractivity contribution in [3.05, 3.63) is 54.1 Å². The second-order valence-corrected chi connectivity index (χ2v) is 16.0. The Kier molecular flexibility index (Phi) is 14.6. The highest BCUT2D eigenvalue weighted by Gasteiger charge is 2.51. The number of aliphatic hydroxyl groups excluding tert-OH is 2.